The highest BCUT2D eigenvalue weighted by Crippen LogP contribution is 2.40. The van der Waals surface area contributed by atoms with E-state index in [0.717, 1.165) is 50.1 Å². The first kappa shape index (κ1) is 72.8. The molecule has 9 aromatic rings. The van der Waals surface area contributed by atoms with Crippen molar-refractivity contribution in [3.05, 3.63) is 323 Å². The van der Waals surface area contributed by atoms with Crippen molar-refractivity contribution in [3.63, 3.8) is 0 Å². The molecule has 12 rings (SSSR count). The van der Waals surface area contributed by atoms with Crippen LogP contribution in [0.5, 0.6) is 0 Å². The Labute approximate surface area is 593 Å². The minimum absolute atomic E-state index is 0.0204. The second-order valence-corrected chi connectivity index (χ2v) is 25.7. The fourth-order valence-corrected chi connectivity index (χ4v) is 13.1. The molecule has 16 nitrogen and oxygen atoms in total. The predicted molar refractivity (Wildman–Crippen MR) is 380 cm³/mol. The summed E-state index contributed by atoms with van der Waals surface area (Å²) in [5.41, 5.74) is 8.47. The molecule has 0 aromatic heterocycles. The number of hydrogen-bond donors (Lipinski definition) is 0. The lowest BCUT2D eigenvalue weighted by atomic mass is 9.86. The number of rotatable bonds is 37. The van der Waals surface area contributed by atoms with E-state index in [1.807, 2.05) is 273 Å². The topological polar surface area (TPSA) is 156 Å². The van der Waals surface area contributed by atoms with Crippen LogP contribution >= 0.6 is 0 Å². The number of carbonyl (C=O) groups is 1. The number of methoxy groups -OCH3 is 1. The largest absolute Gasteiger partial charge is 0.374 e. The molecule has 0 saturated carbocycles. The maximum Gasteiger partial charge on any atom is 0.187 e. The summed E-state index contributed by atoms with van der Waals surface area (Å²) in [6.45, 7) is 3.50. The highest BCUT2D eigenvalue weighted by molar-refractivity contribution is 5.75. The van der Waals surface area contributed by atoms with E-state index in [1.165, 1.54) is 0 Å². The fourth-order valence-electron chi connectivity index (χ4n) is 13.1. The Kier molecular flexibility index (Phi) is 28.1. The zero-order valence-electron chi connectivity index (χ0n) is 57.4. The molecule has 3 heterocycles. The molecule has 9 aromatic carbocycles. The fraction of sp³-hybridized carbons (Fsp3) is 0.353. The summed E-state index contributed by atoms with van der Waals surface area (Å²) >= 11 is 0. The van der Waals surface area contributed by atoms with Crippen LogP contribution in [0.4, 0.5) is 0 Å². The Morgan fingerprint density at radius 2 is 0.535 bits per heavy atom. The van der Waals surface area contributed by atoms with Gasteiger partial charge in [-0.25, -0.2) is 0 Å². The van der Waals surface area contributed by atoms with Crippen molar-refractivity contribution in [3.8, 4) is 0 Å². The number of Topliss-reactive ketones (excluding diaryl/α,β-unsaturated/α-hetero) is 1. The van der Waals surface area contributed by atoms with Gasteiger partial charge in [-0.15, -0.1) is 0 Å². The van der Waals surface area contributed by atoms with Gasteiger partial charge >= 0.3 is 0 Å². The van der Waals surface area contributed by atoms with Crippen molar-refractivity contribution >= 4 is 5.78 Å². The van der Waals surface area contributed by atoms with Crippen LogP contribution in [-0.4, -0.2) is 119 Å². The Balaban J connectivity index is 0.937. The molecule has 0 aliphatic carbocycles. The third-order valence-corrected chi connectivity index (χ3v) is 18.2. The molecule has 528 valence electrons. The maximum absolute atomic E-state index is 13.9. The SMILES string of the molecule is CO[C@H]1O[C@H](COCc2ccccc2)[C@@H](OCc2ccccc2)[C@H](OCc2ccccc2)[C@@H]1O[C@H]1O[C@H](CO[C@@H]2O[C@H](COCc3ccccc3)[C@@H](OCc3ccccc3)[C@H](OCc3ccccc3)[C@H]2CC(C)=O)[C@@H](OCc2ccccc2)[C@H](OCc2ccccc2)[C@H]1OCc1ccccc1. The van der Waals surface area contributed by atoms with Gasteiger partial charge in [0.1, 0.15) is 66.8 Å². The standard InChI is InChI=1S/C85H92O16/c1-61(86)48-71-75(90-51-64-34-16-5-17-35-64)76(91-52-65-36-18-6-19-37-65)72(58-88-49-62-30-12-3-13-31-62)98-83(71)97-60-74-78(93-54-67-40-22-8-23-41-67)79(94-55-68-42-24-9-25-43-68)81(96-57-70-46-28-11-29-47-70)85(100-74)101-82-80(95-56-69-44-26-10-27-45-69)77(92-53-66-38-20-7-21-39-66)73(99-84(82)87-2)59-89-50-63-32-14-4-15-33-63/h3-47,71-85H,48-60H2,1-2H3/t71-,72-,73-,74-,75-,76-,77-,78-,79+,80+,81-,82+,83-,84+,85-/m1/s1. The van der Waals surface area contributed by atoms with Gasteiger partial charge in [0.05, 0.1) is 85.4 Å². The Morgan fingerprint density at radius 3 is 0.861 bits per heavy atom. The van der Waals surface area contributed by atoms with Gasteiger partial charge in [0, 0.05) is 19.4 Å². The van der Waals surface area contributed by atoms with Crippen LogP contribution in [0.1, 0.15) is 63.4 Å². The van der Waals surface area contributed by atoms with Crippen molar-refractivity contribution in [2.24, 2.45) is 5.92 Å². The minimum Gasteiger partial charge on any atom is -0.374 e. The van der Waals surface area contributed by atoms with Crippen LogP contribution in [0.25, 0.3) is 0 Å². The van der Waals surface area contributed by atoms with E-state index in [2.05, 4.69) is 0 Å². The molecule has 0 N–H and O–H groups in total. The van der Waals surface area contributed by atoms with Gasteiger partial charge < -0.3 is 75.8 Å². The van der Waals surface area contributed by atoms with Gasteiger partial charge in [0.15, 0.2) is 18.9 Å². The number of carbonyl (C=O) groups excluding carboxylic acids is 1. The highest BCUT2D eigenvalue weighted by Gasteiger charge is 2.56. The van der Waals surface area contributed by atoms with E-state index in [-0.39, 0.29) is 78.3 Å². The molecule has 3 aliphatic rings. The normalized spacial score (nSPS) is 25.1. The molecule has 3 fully saturated rings. The van der Waals surface area contributed by atoms with Gasteiger partial charge in [-0.2, -0.15) is 0 Å². The Morgan fingerprint density at radius 1 is 0.277 bits per heavy atom. The maximum atomic E-state index is 13.9. The number of ketones is 1. The molecule has 0 radical (unpaired) electrons. The number of benzene rings is 9. The molecular weight excluding hydrogens is 1280 g/mol. The molecule has 16 heteroatoms. The summed E-state index contributed by atoms with van der Waals surface area (Å²) in [6, 6.07) is 89.7. The van der Waals surface area contributed by atoms with Crippen molar-refractivity contribution in [2.75, 3.05) is 26.9 Å². The van der Waals surface area contributed by atoms with Crippen molar-refractivity contribution in [1.29, 1.82) is 0 Å². The summed E-state index contributed by atoms with van der Waals surface area (Å²) in [6.07, 6.45) is -13.1. The van der Waals surface area contributed by atoms with E-state index in [9.17, 15) is 4.79 Å². The Hall–Kier alpha value is -7.95. The van der Waals surface area contributed by atoms with Crippen molar-refractivity contribution in [2.45, 2.75) is 159 Å². The van der Waals surface area contributed by atoms with Crippen LogP contribution in [0, 0.1) is 5.92 Å². The molecule has 0 spiro atoms. The van der Waals surface area contributed by atoms with Gasteiger partial charge in [-0.1, -0.05) is 273 Å². The monoisotopic (exact) mass is 1370 g/mol. The zero-order chi connectivity index (χ0) is 69.1. The minimum atomic E-state index is -1.29. The zero-order valence-corrected chi connectivity index (χ0v) is 57.4. The van der Waals surface area contributed by atoms with Crippen LogP contribution < -0.4 is 0 Å². The van der Waals surface area contributed by atoms with E-state index in [1.54, 1.807) is 14.0 Å². The molecule has 3 aliphatic heterocycles. The summed E-state index contributed by atoms with van der Waals surface area (Å²) in [4.78, 5) is 13.9. The first-order valence-corrected chi connectivity index (χ1v) is 34.9. The van der Waals surface area contributed by atoms with Gasteiger partial charge in [-0.05, 0) is 57.0 Å². The predicted octanol–water partition coefficient (Wildman–Crippen LogP) is 14.3. The molecule has 0 unspecified atom stereocenters. The van der Waals surface area contributed by atoms with Crippen molar-refractivity contribution < 1.29 is 75.8 Å². The quantitative estimate of drug-likeness (QED) is 0.0362. The lowest BCUT2D eigenvalue weighted by molar-refractivity contribution is -0.385. The van der Waals surface area contributed by atoms with E-state index < -0.39 is 91.9 Å². The average molecular weight is 1370 g/mol. The van der Waals surface area contributed by atoms with E-state index in [4.69, 9.17) is 71.1 Å². The van der Waals surface area contributed by atoms with Gasteiger partial charge in [0.2, 0.25) is 0 Å². The van der Waals surface area contributed by atoms with Gasteiger partial charge in [-0.3, -0.25) is 0 Å². The lowest BCUT2D eigenvalue weighted by Gasteiger charge is -2.50. The molecule has 0 amide bonds. The van der Waals surface area contributed by atoms with Crippen LogP contribution in [0.3, 0.4) is 0 Å². The van der Waals surface area contributed by atoms with E-state index in [0.29, 0.717) is 13.2 Å². The Bertz CT molecular complexity index is 3740. The third-order valence-electron chi connectivity index (χ3n) is 18.2. The first-order valence-electron chi connectivity index (χ1n) is 34.9. The summed E-state index contributed by atoms with van der Waals surface area (Å²) in [5, 5.41) is 0. The first-order chi connectivity index (χ1) is 49.9. The van der Waals surface area contributed by atoms with Crippen LogP contribution in [0.2, 0.25) is 0 Å². The summed E-state index contributed by atoms with van der Waals surface area (Å²) in [7, 11) is 1.58. The van der Waals surface area contributed by atoms with Crippen molar-refractivity contribution in [1.82, 2.24) is 0 Å². The summed E-state index contributed by atoms with van der Waals surface area (Å²) < 4.78 is 106. The highest BCUT2D eigenvalue weighted by atomic mass is 16.8. The second-order valence-electron chi connectivity index (χ2n) is 25.7. The number of ether oxygens (including phenoxy) is 15. The molecule has 0 bridgehead atoms. The van der Waals surface area contributed by atoms with Crippen LogP contribution in [0.15, 0.2) is 273 Å². The lowest BCUT2D eigenvalue weighted by Crippen LogP contribution is -2.66. The smallest absolute Gasteiger partial charge is 0.187 e. The second kappa shape index (κ2) is 38.9. The summed E-state index contributed by atoms with van der Waals surface area (Å²) in [5.74, 6) is -0.807. The number of hydrogen-bond acceptors (Lipinski definition) is 16. The molecule has 3 saturated heterocycles. The average Bonchev–Trinajstić information content (AvgIpc) is 0.778. The molecule has 101 heavy (non-hydrogen) atoms. The van der Waals surface area contributed by atoms with E-state index >= 15 is 0 Å². The van der Waals surface area contributed by atoms with Gasteiger partial charge in [0.25, 0.3) is 0 Å². The third kappa shape index (κ3) is 21.6. The van der Waals surface area contributed by atoms with Crippen LogP contribution in [-0.2, 0) is 135 Å². The molecular formula is C85H92O16. The molecule has 15 atom stereocenters.